The number of urea groups is 1. The Morgan fingerprint density at radius 3 is 2.75 bits per heavy atom. The molecule has 0 bridgehead atoms. The predicted molar refractivity (Wildman–Crippen MR) is 88.7 cm³/mol. The quantitative estimate of drug-likeness (QED) is 0.783. The highest BCUT2D eigenvalue weighted by Crippen LogP contribution is 2.34. The van der Waals surface area contributed by atoms with E-state index in [0.717, 1.165) is 15.8 Å². The van der Waals surface area contributed by atoms with Crippen molar-refractivity contribution in [1.82, 2.24) is 30.4 Å². The second kappa shape index (κ2) is 6.31. The van der Waals surface area contributed by atoms with Crippen molar-refractivity contribution in [1.29, 1.82) is 0 Å². The van der Waals surface area contributed by atoms with Crippen molar-refractivity contribution in [3.63, 3.8) is 0 Å². The molecular weight excluding hydrogens is 376 g/mol. The number of benzene rings is 1. The number of aromatic nitrogens is 4. The third-order valence-electron chi connectivity index (χ3n) is 4.03. The van der Waals surface area contributed by atoms with Crippen molar-refractivity contribution < 1.29 is 9.59 Å². The van der Waals surface area contributed by atoms with Crippen LogP contribution in [0.4, 0.5) is 4.79 Å². The van der Waals surface area contributed by atoms with Crippen LogP contribution in [0, 0.1) is 0 Å². The first-order chi connectivity index (χ1) is 11.5. The van der Waals surface area contributed by atoms with Crippen molar-refractivity contribution in [3.05, 3.63) is 40.1 Å². The Labute approximate surface area is 147 Å². The topological polar surface area (TPSA) is 93.0 Å². The second-order valence-electron chi connectivity index (χ2n) is 5.74. The summed E-state index contributed by atoms with van der Waals surface area (Å²) in [5.74, 6) is 0.155. The van der Waals surface area contributed by atoms with E-state index in [2.05, 4.69) is 36.8 Å². The zero-order chi connectivity index (χ0) is 17.3. The molecule has 2 aromatic rings. The number of aryl methyl sites for hydroxylation is 1. The highest BCUT2D eigenvalue weighted by Gasteiger charge is 2.50. The number of halogens is 1. The monoisotopic (exact) mass is 392 g/mol. The fraction of sp³-hybridized carbons (Fsp3) is 0.400. The van der Waals surface area contributed by atoms with E-state index in [1.807, 2.05) is 31.2 Å². The maximum atomic E-state index is 12.9. The first kappa shape index (κ1) is 16.6. The normalized spacial score (nSPS) is 20.5. The molecule has 3 rings (SSSR count). The number of rotatable bonds is 5. The van der Waals surface area contributed by atoms with Gasteiger partial charge < -0.3 is 5.32 Å². The summed E-state index contributed by atoms with van der Waals surface area (Å²) in [5.41, 5.74) is -0.417. The average Bonchev–Trinajstić information content (AvgIpc) is 3.07. The van der Waals surface area contributed by atoms with E-state index < -0.39 is 11.6 Å². The number of nitrogens with zero attached hydrogens (tertiary/aromatic N) is 5. The molecule has 126 valence electrons. The molecule has 1 aliphatic heterocycles. The number of imide groups is 1. The molecule has 1 aliphatic rings. The van der Waals surface area contributed by atoms with Gasteiger partial charge in [0.1, 0.15) is 5.54 Å². The van der Waals surface area contributed by atoms with E-state index in [4.69, 9.17) is 0 Å². The van der Waals surface area contributed by atoms with Crippen LogP contribution in [0.15, 0.2) is 28.7 Å². The van der Waals surface area contributed by atoms with Crippen LogP contribution in [-0.4, -0.2) is 37.0 Å². The summed E-state index contributed by atoms with van der Waals surface area (Å²) in [5, 5.41) is 14.2. The lowest BCUT2D eigenvalue weighted by Gasteiger charge is -2.23. The lowest BCUT2D eigenvalue weighted by atomic mass is 9.92. The summed E-state index contributed by atoms with van der Waals surface area (Å²) in [6.07, 6.45) is 0.854. The minimum atomic E-state index is -1.12. The molecular formula is C15H17BrN6O2. The third-order valence-corrected chi connectivity index (χ3v) is 4.72. The fourth-order valence-corrected chi connectivity index (χ4v) is 3.43. The van der Waals surface area contributed by atoms with Crippen LogP contribution in [0.2, 0.25) is 0 Å². The Morgan fingerprint density at radius 1 is 1.29 bits per heavy atom. The van der Waals surface area contributed by atoms with E-state index in [1.165, 1.54) is 0 Å². The molecule has 8 nitrogen and oxygen atoms in total. The van der Waals surface area contributed by atoms with Gasteiger partial charge in [-0.2, -0.15) is 0 Å². The van der Waals surface area contributed by atoms with E-state index >= 15 is 0 Å². The van der Waals surface area contributed by atoms with Gasteiger partial charge in [0.25, 0.3) is 5.91 Å². The molecule has 1 atom stereocenters. The molecule has 1 aromatic carbocycles. The Morgan fingerprint density at radius 2 is 2.04 bits per heavy atom. The highest BCUT2D eigenvalue weighted by atomic mass is 79.9. The lowest BCUT2D eigenvalue weighted by molar-refractivity contribution is -0.131. The van der Waals surface area contributed by atoms with Crippen molar-refractivity contribution in [2.24, 2.45) is 0 Å². The van der Waals surface area contributed by atoms with E-state index in [0.29, 0.717) is 17.9 Å². The van der Waals surface area contributed by atoms with Crippen LogP contribution in [0.25, 0.3) is 0 Å². The molecule has 1 N–H and O–H groups in total. The summed E-state index contributed by atoms with van der Waals surface area (Å²) in [7, 11) is 0. The maximum absolute atomic E-state index is 12.9. The summed E-state index contributed by atoms with van der Waals surface area (Å²) in [6, 6.07) is 6.88. The van der Waals surface area contributed by atoms with Gasteiger partial charge in [-0.25, -0.2) is 9.48 Å². The van der Waals surface area contributed by atoms with E-state index in [1.54, 1.807) is 11.6 Å². The molecule has 1 unspecified atom stereocenters. The Kier molecular flexibility index (Phi) is 4.35. The molecule has 2 heterocycles. The average molecular weight is 393 g/mol. The molecule has 0 spiro atoms. The lowest BCUT2D eigenvalue weighted by Crippen LogP contribution is -2.41. The molecule has 1 aromatic heterocycles. The zero-order valence-corrected chi connectivity index (χ0v) is 14.9. The minimum absolute atomic E-state index is 0.0394. The smallest absolute Gasteiger partial charge is 0.319 e. The van der Waals surface area contributed by atoms with Gasteiger partial charge in [0.15, 0.2) is 5.82 Å². The molecule has 3 amide bonds. The van der Waals surface area contributed by atoms with Gasteiger partial charge in [-0.3, -0.25) is 9.69 Å². The minimum Gasteiger partial charge on any atom is -0.319 e. The first-order valence-electron chi connectivity index (χ1n) is 7.61. The van der Waals surface area contributed by atoms with Crippen molar-refractivity contribution in [2.75, 3.05) is 0 Å². The molecule has 24 heavy (non-hydrogen) atoms. The third kappa shape index (κ3) is 2.68. The number of carbonyl (C=O) groups excluding carboxylic acids is 2. The largest absolute Gasteiger partial charge is 0.325 e. The summed E-state index contributed by atoms with van der Waals surface area (Å²) >= 11 is 3.44. The molecule has 1 fully saturated rings. The van der Waals surface area contributed by atoms with Gasteiger partial charge in [0.05, 0.1) is 6.54 Å². The Bertz CT molecular complexity index is 792. The van der Waals surface area contributed by atoms with Crippen molar-refractivity contribution >= 4 is 27.9 Å². The zero-order valence-electron chi connectivity index (χ0n) is 13.4. The number of nitrogens with one attached hydrogen (secondary N) is 1. The van der Waals surface area contributed by atoms with Crippen LogP contribution in [0.5, 0.6) is 0 Å². The summed E-state index contributed by atoms with van der Waals surface area (Å²) in [6.45, 7) is 4.37. The standard InChI is InChI=1S/C15H17BrN6O2/c1-3-8-22-12(18-19-20-22)9-21-13(23)15(2,17-14(21)24)10-6-4-5-7-11(10)16/h4-7H,3,8-9H2,1-2H3,(H,17,24). The maximum Gasteiger partial charge on any atom is 0.325 e. The highest BCUT2D eigenvalue weighted by molar-refractivity contribution is 9.10. The van der Waals surface area contributed by atoms with Crippen LogP contribution >= 0.6 is 15.9 Å². The van der Waals surface area contributed by atoms with Crippen LogP contribution in [0.3, 0.4) is 0 Å². The van der Waals surface area contributed by atoms with Gasteiger partial charge in [-0.05, 0) is 29.8 Å². The van der Waals surface area contributed by atoms with E-state index in [-0.39, 0.29) is 12.5 Å². The van der Waals surface area contributed by atoms with Crippen LogP contribution in [-0.2, 0) is 23.4 Å². The molecule has 0 aliphatic carbocycles. The Balaban J connectivity index is 1.89. The number of tetrazole rings is 1. The van der Waals surface area contributed by atoms with Gasteiger partial charge in [0.2, 0.25) is 0 Å². The van der Waals surface area contributed by atoms with Crippen LogP contribution < -0.4 is 5.32 Å². The molecule has 0 saturated carbocycles. The fourth-order valence-electron chi connectivity index (χ4n) is 2.75. The first-order valence-corrected chi connectivity index (χ1v) is 8.41. The number of hydrogen-bond acceptors (Lipinski definition) is 5. The molecule has 0 radical (unpaired) electrons. The predicted octanol–water partition coefficient (Wildman–Crippen LogP) is 1.81. The van der Waals surface area contributed by atoms with Gasteiger partial charge in [0, 0.05) is 16.6 Å². The summed E-state index contributed by atoms with van der Waals surface area (Å²) in [4.78, 5) is 26.5. The number of hydrogen-bond donors (Lipinski definition) is 1. The van der Waals surface area contributed by atoms with Crippen molar-refractivity contribution in [2.45, 2.75) is 38.9 Å². The van der Waals surface area contributed by atoms with Gasteiger partial charge in [-0.15, -0.1) is 5.10 Å². The summed E-state index contributed by atoms with van der Waals surface area (Å²) < 4.78 is 2.37. The van der Waals surface area contributed by atoms with Crippen molar-refractivity contribution in [3.8, 4) is 0 Å². The number of carbonyl (C=O) groups is 2. The van der Waals surface area contributed by atoms with Gasteiger partial charge >= 0.3 is 6.03 Å². The molecule has 1 saturated heterocycles. The number of amides is 3. The second-order valence-corrected chi connectivity index (χ2v) is 6.60. The SMILES string of the molecule is CCCn1nnnc1CN1C(=O)NC(C)(c2ccccc2Br)C1=O. The Hall–Kier alpha value is -2.29. The van der Waals surface area contributed by atoms with Gasteiger partial charge in [-0.1, -0.05) is 41.1 Å². The van der Waals surface area contributed by atoms with E-state index in [9.17, 15) is 9.59 Å². The van der Waals surface area contributed by atoms with Crippen LogP contribution in [0.1, 0.15) is 31.7 Å². The molecule has 9 heteroatoms.